The Morgan fingerprint density at radius 1 is 1.00 bits per heavy atom. The Hall–Kier alpha value is -4.93. The van der Waals surface area contributed by atoms with E-state index in [0.29, 0.717) is 30.1 Å². The largest absolute Gasteiger partial charge is 0.476 e. The second kappa shape index (κ2) is 13.6. The Morgan fingerprint density at radius 3 is 2.40 bits per heavy atom. The molecule has 2 aromatic carbocycles. The van der Waals surface area contributed by atoms with Gasteiger partial charge in [0.05, 0.1) is 36.4 Å². The summed E-state index contributed by atoms with van der Waals surface area (Å²) in [6, 6.07) is 15.7. The molecule has 4 rings (SSSR count). The molecule has 1 aromatic heterocycles. The van der Waals surface area contributed by atoms with Crippen molar-refractivity contribution in [2.75, 3.05) is 20.3 Å². The number of rotatable bonds is 12. The standard InChI is InChI=1S/C31H34N4O7/c1-22-17-18-34(30(37)40-3)31(23(22)2,26-15-9-10-16-27(26)35(38)39)29(36)42-20-12-5-4-11-19-41-28-25(21-32-33-28)24-13-7-6-8-14-24/h6-10,13-18,21H,4-5,11-12,19-20H2,1-3H3,(H,32,33). The van der Waals surface area contributed by atoms with E-state index in [2.05, 4.69) is 10.2 Å². The number of nitrogens with one attached hydrogen (secondary N) is 1. The highest BCUT2D eigenvalue weighted by Crippen LogP contribution is 2.45. The number of nitrogens with zero attached hydrogens (tertiary/aromatic N) is 3. The first-order valence-corrected chi connectivity index (χ1v) is 13.7. The molecular weight excluding hydrogens is 540 g/mol. The number of ether oxygens (including phenoxy) is 3. The normalized spacial score (nSPS) is 16.3. The lowest BCUT2D eigenvalue weighted by molar-refractivity contribution is -0.386. The van der Waals surface area contributed by atoms with Crippen LogP contribution in [0.1, 0.15) is 45.1 Å². The molecule has 0 bridgehead atoms. The molecule has 1 amide bonds. The number of amides is 1. The summed E-state index contributed by atoms with van der Waals surface area (Å²) < 4.78 is 16.6. The summed E-state index contributed by atoms with van der Waals surface area (Å²) in [5, 5.41) is 19.0. The number of nitro benzene ring substituents is 1. The van der Waals surface area contributed by atoms with Crippen molar-refractivity contribution in [3.8, 4) is 17.0 Å². The van der Waals surface area contributed by atoms with Crippen molar-refractivity contribution in [3.63, 3.8) is 0 Å². The zero-order valence-electron chi connectivity index (χ0n) is 23.9. The molecule has 3 aromatic rings. The smallest absolute Gasteiger partial charge is 0.415 e. The van der Waals surface area contributed by atoms with Gasteiger partial charge >= 0.3 is 12.1 Å². The SMILES string of the molecule is COC(=O)N1C=CC(C)=C(C)C1(C(=O)OCCCCCCOc1n[nH]cc1-c1ccccc1)c1ccccc1[N+](=O)[O-]. The number of allylic oxidation sites excluding steroid dienone is 2. The first-order chi connectivity index (χ1) is 20.3. The van der Waals surface area contributed by atoms with Crippen LogP contribution >= 0.6 is 0 Å². The minimum absolute atomic E-state index is 0.0250. The third kappa shape index (κ3) is 6.04. The maximum Gasteiger partial charge on any atom is 0.415 e. The van der Waals surface area contributed by atoms with Gasteiger partial charge in [0.25, 0.3) is 5.69 Å². The van der Waals surface area contributed by atoms with Crippen molar-refractivity contribution < 1.29 is 28.7 Å². The number of carbonyl (C=O) groups excluding carboxylic acids is 2. The molecule has 11 nitrogen and oxygen atoms in total. The zero-order valence-corrected chi connectivity index (χ0v) is 23.9. The minimum Gasteiger partial charge on any atom is -0.476 e. The van der Waals surface area contributed by atoms with Crippen LogP contribution in [-0.2, 0) is 19.8 Å². The summed E-state index contributed by atoms with van der Waals surface area (Å²) in [6.07, 6.45) is 6.93. The Kier molecular flexibility index (Phi) is 9.74. The van der Waals surface area contributed by atoms with E-state index in [1.165, 1.54) is 31.5 Å². The van der Waals surface area contributed by atoms with Crippen molar-refractivity contribution in [1.82, 2.24) is 15.1 Å². The molecule has 1 aliphatic rings. The van der Waals surface area contributed by atoms with Crippen LogP contribution in [0.2, 0.25) is 0 Å². The molecular formula is C31H34N4O7. The van der Waals surface area contributed by atoms with Crippen molar-refractivity contribution in [3.05, 3.63) is 99.9 Å². The highest BCUT2D eigenvalue weighted by atomic mass is 16.6. The average Bonchev–Trinajstić information content (AvgIpc) is 3.48. The van der Waals surface area contributed by atoms with Gasteiger partial charge < -0.3 is 14.2 Å². The van der Waals surface area contributed by atoms with Crippen molar-refractivity contribution in [2.24, 2.45) is 0 Å². The van der Waals surface area contributed by atoms with E-state index in [1.54, 1.807) is 32.2 Å². The average molecular weight is 575 g/mol. The summed E-state index contributed by atoms with van der Waals surface area (Å²) in [7, 11) is 1.19. The highest BCUT2D eigenvalue weighted by molar-refractivity contribution is 5.93. The van der Waals surface area contributed by atoms with E-state index < -0.39 is 22.5 Å². The van der Waals surface area contributed by atoms with Crippen LogP contribution in [0.3, 0.4) is 0 Å². The Morgan fingerprint density at radius 2 is 1.69 bits per heavy atom. The fourth-order valence-corrected chi connectivity index (χ4v) is 5.03. The number of hydrogen-bond donors (Lipinski definition) is 1. The topological polar surface area (TPSA) is 137 Å². The lowest BCUT2D eigenvalue weighted by Gasteiger charge is -2.42. The van der Waals surface area contributed by atoms with Gasteiger partial charge in [-0.3, -0.25) is 20.1 Å². The second-order valence-electron chi connectivity index (χ2n) is 9.82. The summed E-state index contributed by atoms with van der Waals surface area (Å²) in [5.41, 5.74) is 0.839. The molecule has 0 saturated heterocycles. The molecule has 220 valence electrons. The van der Waals surface area contributed by atoms with Gasteiger partial charge in [-0.05, 0) is 68.4 Å². The summed E-state index contributed by atoms with van der Waals surface area (Å²) >= 11 is 0. The number of esters is 1. The predicted octanol–water partition coefficient (Wildman–Crippen LogP) is 6.29. The number of methoxy groups -OCH3 is 1. The number of unbranched alkanes of at least 4 members (excludes halogenated alkanes) is 3. The van der Waals surface area contributed by atoms with Crippen molar-refractivity contribution in [1.29, 1.82) is 0 Å². The molecule has 42 heavy (non-hydrogen) atoms. The van der Waals surface area contributed by atoms with Crippen LogP contribution in [0.5, 0.6) is 5.88 Å². The van der Waals surface area contributed by atoms with Gasteiger partial charge in [0, 0.05) is 18.5 Å². The third-order valence-corrected chi connectivity index (χ3v) is 7.33. The first-order valence-electron chi connectivity index (χ1n) is 13.7. The number of hydrogen-bond acceptors (Lipinski definition) is 8. The molecule has 1 atom stereocenters. The van der Waals surface area contributed by atoms with Gasteiger partial charge in [-0.25, -0.2) is 9.59 Å². The maximum absolute atomic E-state index is 13.9. The van der Waals surface area contributed by atoms with Gasteiger partial charge in [0.15, 0.2) is 0 Å². The minimum atomic E-state index is -1.90. The monoisotopic (exact) mass is 574 g/mol. The fraction of sp³-hybridized carbons (Fsp3) is 0.323. The van der Waals surface area contributed by atoms with E-state index in [-0.39, 0.29) is 17.9 Å². The van der Waals surface area contributed by atoms with E-state index in [1.807, 2.05) is 30.3 Å². The van der Waals surface area contributed by atoms with E-state index >= 15 is 0 Å². The van der Waals surface area contributed by atoms with E-state index in [4.69, 9.17) is 14.2 Å². The third-order valence-electron chi connectivity index (χ3n) is 7.33. The van der Waals surface area contributed by atoms with Gasteiger partial charge in [-0.15, -0.1) is 5.10 Å². The number of carbonyl (C=O) groups is 2. The van der Waals surface area contributed by atoms with Gasteiger partial charge in [-0.2, -0.15) is 0 Å². The van der Waals surface area contributed by atoms with Gasteiger partial charge in [0.2, 0.25) is 11.4 Å². The van der Waals surface area contributed by atoms with Crippen LogP contribution in [0.15, 0.2) is 84.2 Å². The zero-order chi connectivity index (χ0) is 30.1. The Balaban J connectivity index is 1.39. The van der Waals surface area contributed by atoms with Crippen molar-refractivity contribution in [2.45, 2.75) is 45.1 Å². The summed E-state index contributed by atoms with van der Waals surface area (Å²) in [4.78, 5) is 39.3. The second-order valence-corrected chi connectivity index (χ2v) is 9.82. The lowest BCUT2D eigenvalue weighted by Crippen LogP contribution is -2.55. The molecule has 11 heteroatoms. The molecule has 0 aliphatic carbocycles. The summed E-state index contributed by atoms with van der Waals surface area (Å²) in [5.74, 6) is -0.246. The van der Waals surface area contributed by atoms with Crippen LogP contribution in [0.25, 0.3) is 11.1 Å². The predicted molar refractivity (Wildman–Crippen MR) is 155 cm³/mol. The Bertz CT molecular complexity index is 1480. The number of para-hydroxylation sites is 1. The quantitative estimate of drug-likeness (QED) is 0.115. The van der Waals surface area contributed by atoms with Gasteiger partial charge in [0.1, 0.15) is 0 Å². The molecule has 0 radical (unpaired) electrons. The van der Waals surface area contributed by atoms with Crippen LogP contribution < -0.4 is 4.74 Å². The van der Waals surface area contributed by atoms with Crippen LogP contribution in [0.4, 0.5) is 10.5 Å². The molecule has 0 saturated carbocycles. The molecule has 0 fully saturated rings. The lowest BCUT2D eigenvalue weighted by atomic mass is 9.77. The van der Waals surface area contributed by atoms with Crippen LogP contribution in [-0.4, -0.2) is 52.4 Å². The number of aromatic nitrogens is 2. The highest BCUT2D eigenvalue weighted by Gasteiger charge is 2.55. The van der Waals surface area contributed by atoms with Crippen LogP contribution in [0, 0.1) is 10.1 Å². The van der Waals surface area contributed by atoms with E-state index in [0.717, 1.165) is 35.3 Å². The molecule has 1 N–H and O–H groups in total. The molecule has 0 spiro atoms. The fourth-order valence-electron chi connectivity index (χ4n) is 5.03. The van der Waals surface area contributed by atoms with Crippen molar-refractivity contribution >= 4 is 17.7 Å². The molecule has 2 heterocycles. The van der Waals surface area contributed by atoms with E-state index in [9.17, 15) is 19.7 Å². The summed E-state index contributed by atoms with van der Waals surface area (Å²) in [6.45, 7) is 3.99. The Labute approximate surface area is 243 Å². The van der Waals surface area contributed by atoms with Gasteiger partial charge in [-0.1, -0.05) is 42.5 Å². The number of H-pyrrole nitrogens is 1. The molecule has 1 aliphatic heterocycles. The number of benzene rings is 2. The first kappa shape index (κ1) is 30.0. The molecule has 1 unspecified atom stereocenters. The maximum atomic E-state index is 13.9. The number of nitro groups is 1. The number of aromatic amines is 1.